The van der Waals surface area contributed by atoms with E-state index in [1.165, 1.54) is 12.1 Å². The molecule has 248 valence electrons. The van der Waals surface area contributed by atoms with E-state index in [2.05, 4.69) is 15.2 Å². The molecule has 0 saturated carbocycles. The molecule has 14 nitrogen and oxygen atoms in total. The number of carbonyl (C=O) groups excluding carboxylic acids is 2. The molecule has 1 aromatic heterocycles. The van der Waals surface area contributed by atoms with Crippen molar-refractivity contribution in [1.29, 1.82) is 0 Å². The summed E-state index contributed by atoms with van der Waals surface area (Å²) in [5.41, 5.74) is 0.521. The fraction of sp³-hybridized carbons (Fsp3) is 0.393. The molecule has 1 aliphatic heterocycles. The van der Waals surface area contributed by atoms with Gasteiger partial charge in [0.05, 0.1) is 33.7 Å². The number of benzene rings is 2. The summed E-state index contributed by atoms with van der Waals surface area (Å²) in [6, 6.07) is 12.4. The Hall–Kier alpha value is -4.87. The number of hydrogen-bond donors (Lipinski definition) is 1. The Morgan fingerprint density at radius 1 is 1.15 bits per heavy atom. The SMILES string of the molecule is Cc1ccc(-c2cc(C(F)(F)F)nn2-c2ccc(S(=O)(=O)NC(=O)OC3CCCN([N+]([O-])=NOCOC(=O)C(C)C)C3)cc2)cc1. The highest BCUT2D eigenvalue weighted by Gasteiger charge is 2.35. The van der Waals surface area contributed by atoms with E-state index in [0.717, 1.165) is 33.5 Å². The van der Waals surface area contributed by atoms with Crippen molar-refractivity contribution in [3.8, 4) is 16.9 Å². The predicted octanol–water partition coefficient (Wildman–Crippen LogP) is 4.71. The van der Waals surface area contributed by atoms with Gasteiger partial charge in [0, 0.05) is 5.56 Å². The number of carbonyl (C=O) groups is 2. The summed E-state index contributed by atoms with van der Waals surface area (Å²) in [6.45, 7) is 4.61. The molecule has 2 aromatic carbocycles. The highest BCUT2D eigenvalue weighted by molar-refractivity contribution is 7.90. The molecule has 4 rings (SSSR count). The minimum Gasteiger partial charge on any atom is -0.569 e. The zero-order valence-corrected chi connectivity index (χ0v) is 25.7. The van der Waals surface area contributed by atoms with Gasteiger partial charge in [-0.2, -0.15) is 18.3 Å². The minimum atomic E-state index is -4.72. The first kappa shape index (κ1) is 34.0. The molecule has 0 spiro atoms. The smallest absolute Gasteiger partial charge is 0.435 e. The number of amides is 1. The Balaban J connectivity index is 1.40. The molecule has 0 bridgehead atoms. The number of piperidine rings is 1. The number of aryl methyl sites for hydroxylation is 1. The number of alkyl halides is 3. The number of halogens is 3. The number of rotatable bonds is 10. The Bertz CT molecular complexity index is 1680. The molecular formula is C28H31F3N6O8S. The normalized spacial score (nSPS) is 15.8. The fourth-order valence-electron chi connectivity index (χ4n) is 4.30. The van der Waals surface area contributed by atoms with E-state index in [0.29, 0.717) is 18.4 Å². The molecule has 1 fully saturated rings. The van der Waals surface area contributed by atoms with Crippen LogP contribution >= 0.6 is 0 Å². The number of nitrogens with zero attached hydrogens (tertiary/aromatic N) is 5. The summed E-state index contributed by atoms with van der Waals surface area (Å²) >= 11 is 0. The van der Waals surface area contributed by atoms with Gasteiger partial charge in [-0.1, -0.05) is 43.7 Å². The van der Waals surface area contributed by atoms with Crippen molar-refractivity contribution in [2.45, 2.75) is 50.8 Å². The van der Waals surface area contributed by atoms with Crippen LogP contribution in [0.1, 0.15) is 37.9 Å². The maximum Gasteiger partial charge on any atom is 0.435 e. The highest BCUT2D eigenvalue weighted by atomic mass is 32.2. The summed E-state index contributed by atoms with van der Waals surface area (Å²) in [7, 11) is -4.45. The van der Waals surface area contributed by atoms with Gasteiger partial charge in [-0.15, -0.1) is 5.01 Å². The molecule has 1 aliphatic rings. The molecule has 3 aromatic rings. The number of sulfonamides is 1. The van der Waals surface area contributed by atoms with E-state index < -0.39 is 52.8 Å². The van der Waals surface area contributed by atoms with Crippen LogP contribution in [-0.2, 0) is 35.3 Å². The predicted molar refractivity (Wildman–Crippen MR) is 153 cm³/mol. The first-order valence-corrected chi connectivity index (χ1v) is 15.4. The topological polar surface area (TPSA) is 167 Å². The van der Waals surface area contributed by atoms with E-state index in [-0.39, 0.29) is 34.3 Å². The van der Waals surface area contributed by atoms with Crippen LogP contribution in [0.25, 0.3) is 16.9 Å². The van der Waals surface area contributed by atoms with Crippen molar-refractivity contribution >= 4 is 22.1 Å². The second kappa shape index (κ2) is 14.1. The lowest BCUT2D eigenvalue weighted by atomic mass is 10.1. The lowest BCUT2D eigenvalue weighted by Crippen LogP contribution is -2.45. The van der Waals surface area contributed by atoms with Crippen molar-refractivity contribution in [3.63, 3.8) is 0 Å². The van der Waals surface area contributed by atoms with Crippen molar-refractivity contribution in [2.75, 3.05) is 19.9 Å². The first-order chi connectivity index (χ1) is 21.6. The van der Waals surface area contributed by atoms with E-state index in [1.54, 1.807) is 42.8 Å². The van der Waals surface area contributed by atoms with Crippen LogP contribution in [0.2, 0.25) is 0 Å². The second-order valence-corrected chi connectivity index (χ2v) is 12.3. The molecule has 1 atom stereocenters. The van der Waals surface area contributed by atoms with Gasteiger partial charge >= 0.3 is 18.2 Å². The van der Waals surface area contributed by atoms with Gasteiger partial charge in [0.15, 0.2) is 5.69 Å². The van der Waals surface area contributed by atoms with Crippen LogP contribution in [-0.4, -0.2) is 66.2 Å². The molecule has 1 amide bonds. The maximum atomic E-state index is 13.5. The monoisotopic (exact) mass is 668 g/mol. The van der Waals surface area contributed by atoms with Gasteiger partial charge in [-0.05, 0) is 50.1 Å². The van der Waals surface area contributed by atoms with Crippen molar-refractivity contribution < 1.29 is 50.5 Å². The van der Waals surface area contributed by atoms with Crippen molar-refractivity contribution in [2.24, 2.45) is 11.2 Å². The van der Waals surface area contributed by atoms with Crippen LogP contribution in [0.15, 0.2) is 64.8 Å². The molecule has 18 heteroatoms. The largest absolute Gasteiger partial charge is 0.569 e. The molecule has 1 N–H and O–H groups in total. The second-order valence-electron chi connectivity index (χ2n) is 10.6. The Morgan fingerprint density at radius 2 is 1.83 bits per heavy atom. The van der Waals surface area contributed by atoms with Gasteiger partial charge in [0.25, 0.3) is 16.8 Å². The van der Waals surface area contributed by atoms with Crippen molar-refractivity contribution in [1.82, 2.24) is 19.5 Å². The minimum absolute atomic E-state index is 0.108. The zero-order chi connectivity index (χ0) is 33.6. The van der Waals surface area contributed by atoms with Gasteiger partial charge < -0.3 is 19.5 Å². The highest BCUT2D eigenvalue weighted by Crippen LogP contribution is 2.33. The third-order valence-corrected chi connectivity index (χ3v) is 8.01. The first-order valence-electron chi connectivity index (χ1n) is 13.9. The summed E-state index contributed by atoms with van der Waals surface area (Å²) in [5, 5.41) is 20.3. The van der Waals surface area contributed by atoms with Crippen LogP contribution in [0, 0.1) is 18.0 Å². The maximum absolute atomic E-state index is 13.5. The van der Waals surface area contributed by atoms with Crippen LogP contribution in [0.3, 0.4) is 0 Å². The summed E-state index contributed by atoms with van der Waals surface area (Å²) in [4.78, 5) is 28.3. The van der Waals surface area contributed by atoms with Crippen LogP contribution in [0.4, 0.5) is 18.0 Å². The fourth-order valence-corrected chi connectivity index (χ4v) is 5.18. The summed E-state index contributed by atoms with van der Waals surface area (Å²) in [5.74, 6) is -0.934. The quantitative estimate of drug-likeness (QED) is 0.0798. The summed E-state index contributed by atoms with van der Waals surface area (Å²) in [6.07, 6.45) is -6.17. The van der Waals surface area contributed by atoms with Gasteiger partial charge in [0.1, 0.15) is 12.6 Å². The molecule has 1 unspecified atom stereocenters. The number of nitrogens with one attached hydrogen (secondary N) is 1. The standard InChI is InChI=1S/C28H31F3N6O8S/c1-18(2)26(38)43-17-44-34-37(40)35-14-4-5-22(16-35)45-27(39)33-46(41,42)23-12-10-21(11-13-23)36-24(15-25(32-36)28(29,30)31)20-8-6-19(3)7-9-20/h6-13,15,18,22H,4-5,14,16-17H2,1-3H3,(H,33,39). The Morgan fingerprint density at radius 3 is 2.46 bits per heavy atom. The van der Waals surface area contributed by atoms with Gasteiger partial charge in [-0.25, -0.2) is 22.6 Å². The number of esters is 1. The molecule has 46 heavy (non-hydrogen) atoms. The molecule has 2 heterocycles. The van der Waals surface area contributed by atoms with Crippen LogP contribution < -0.4 is 4.72 Å². The third kappa shape index (κ3) is 8.64. The Kier molecular flexibility index (Phi) is 10.4. The number of hydrazine groups is 1. The number of aromatic nitrogens is 2. The van der Waals surface area contributed by atoms with Gasteiger partial charge in [0.2, 0.25) is 5.28 Å². The average Bonchev–Trinajstić information content (AvgIpc) is 3.46. The molecule has 1 saturated heterocycles. The number of ether oxygens (including phenoxy) is 2. The lowest BCUT2D eigenvalue weighted by molar-refractivity contribution is -0.714. The Labute approximate surface area is 261 Å². The van der Waals surface area contributed by atoms with Crippen molar-refractivity contribution in [3.05, 3.63) is 71.1 Å². The van der Waals surface area contributed by atoms with E-state index in [4.69, 9.17) is 9.47 Å². The molecular weight excluding hydrogens is 637 g/mol. The van der Waals surface area contributed by atoms with Gasteiger partial charge in [-0.3, -0.25) is 4.79 Å². The zero-order valence-electron chi connectivity index (χ0n) is 24.9. The van der Waals surface area contributed by atoms with E-state index >= 15 is 0 Å². The lowest BCUT2D eigenvalue weighted by Gasteiger charge is -2.28. The third-order valence-electron chi connectivity index (χ3n) is 6.68. The molecule has 0 aliphatic carbocycles. The van der Waals surface area contributed by atoms with Crippen LogP contribution in [0.5, 0.6) is 0 Å². The summed E-state index contributed by atoms with van der Waals surface area (Å²) < 4.78 is 79.1. The van der Waals surface area contributed by atoms with E-state index in [9.17, 15) is 36.4 Å². The molecule has 0 radical (unpaired) electrons. The van der Waals surface area contributed by atoms with E-state index in [1.807, 2.05) is 6.92 Å². The number of hydrogen-bond acceptors (Lipinski definition) is 10. The average molecular weight is 669 g/mol.